The molecule has 0 bridgehead atoms. The molecule has 13 heavy (non-hydrogen) atoms. The number of nitrogens with one attached hydrogen (secondary N) is 1. The molecule has 0 rings (SSSR count). The predicted molar refractivity (Wildman–Crippen MR) is 51.0 cm³/mol. The van der Waals surface area contributed by atoms with Gasteiger partial charge in [0.25, 0.3) is 0 Å². The number of primary amides is 1. The molecule has 1 atom stereocenters. The molecule has 0 aromatic carbocycles. The van der Waals surface area contributed by atoms with Crippen LogP contribution in [0, 0.1) is 11.3 Å². The first-order chi connectivity index (χ1) is 5.73. The quantitative estimate of drug-likeness (QED) is 0.681. The highest BCUT2D eigenvalue weighted by Crippen LogP contribution is 2.27. The van der Waals surface area contributed by atoms with Gasteiger partial charge in [-0.05, 0) is 11.3 Å². The molecule has 0 spiro atoms. The topological polar surface area (TPSA) is 72.2 Å². The van der Waals surface area contributed by atoms with Gasteiger partial charge in [-0.25, -0.2) is 4.79 Å². The van der Waals surface area contributed by atoms with Gasteiger partial charge in [-0.2, -0.15) is 0 Å². The first kappa shape index (κ1) is 11.9. The van der Waals surface area contributed by atoms with Gasteiger partial charge in [0.15, 0.2) is 0 Å². The molecule has 0 saturated heterocycles. The van der Waals surface area contributed by atoms with E-state index in [0.29, 0.717) is 6.42 Å². The average molecular weight is 186 g/mol. The zero-order valence-electron chi connectivity index (χ0n) is 8.68. The van der Waals surface area contributed by atoms with Crippen molar-refractivity contribution in [3.8, 4) is 0 Å². The van der Waals surface area contributed by atoms with Gasteiger partial charge < -0.3 is 5.73 Å². The Kier molecular flexibility index (Phi) is 3.91. The summed E-state index contributed by atoms with van der Waals surface area (Å²) in [5.74, 6) is -0.0956. The van der Waals surface area contributed by atoms with Gasteiger partial charge in [0.1, 0.15) is 0 Å². The zero-order valence-corrected chi connectivity index (χ0v) is 8.68. The lowest BCUT2D eigenvalue weighted by Gasteiger charge is -2.26. The van der Waals surface area contributed by atoms with Crippen molar-refractivity contribution in [1.82, 2.24) is 5.32 Å². The van der Waals surface area contributed by atoms with Crippen LogP contribution in [0.4, 0.5) is 4.79 Å². The Hall–Kier alpha value is -1.06. The van der Waals surface area contributed by atoms with Crippen molar-refractivity contribution in [1.29, 1.82) is 0 Å². The maximum Gasteiger partial charge on any atom is 0.318 e. The van der Waals surface area contributed by atoms with E-state index < -0.39 is 6.03 Å². The summed E-state index contributed by atoms with van der Waals surface area (Å²) in [6, 6.07) is -0.786. The third-order valence-corrected chi connectivity index (χ3v) is 2.23. The van der Waals surface area contributed by atoms with Crippen LogP contribution in [0.25, 0.3) is 0 Å². The van der Waals surface area contributed by atoms with E-state index in [4.69, 9.17) is 5.73 Å². The molecule has 0 fully saturated rings. The summed E-state index contributed by atoms with van der Waals surface area (Å²) in [6.07, 6.45) is 0.326. The number of hydrogen-bond donors (Lipinski definition) is 2. The fourth-order valence-electron chi connectivity index (χ4n) is 0.773. The van der Waals surface area contributed by atoms with Gasteiger partial charge in [0.05, 0.1) is 0 Å². The Morgan fingerprint density at radius 2 is 1.85 bits per heavy atom. The van der Waals surface area contributed by atoms with Crippen LogP contribution in [0.2, 0.25) is 0 Å². The minimum Gasteiger partial charge on any atom is -0.351 e. The van der Waals surface area contributed by atoms with Gasteiger partial charge in [-0.15, -0.1) is 0 Å². The predicted octanol–water partition coefficient (Wildman–Crippen LogP) is 1.25. The van der Waals surface area contributed by atoms with E-state index in [0.717, 1.165) is 0 Å². The lowest BCUT2D eigenvalue weighted by Crippen LogP contribution is -2.37. The van der Waals surface area contributed by atoms with Crippen LogP contribution in [-0.2, 0) is 4.79 Å². The Bertz CT molecular complexity index is 206. The number of rotatable bonds is 2. The summed E-state index contributed by atoms with van der Waals surface area (Å²) in [6.45, 7) is 8.13. The van der Waals surface area contributed by atoms with E-state index >= 15 is 0 Å². The van der Waals surface area contributed by atoms with E-state index in [1.165, 1.54) is 0 Å². The SMILES string of the molecule is CC(CC(=O)NC(N)=O)C(C)(C)C. The van der Waals surface area contributed by atoms with Crippen molar-refractivity contribution in [2.24, 2.45) is 17.1 Å². The number of carbonyl (C=O) groups is 2. The second-order valence-electron chi connectivity index (χ2n) is 4.38. The Balaban J connectivity index is 4.00. The molecule has 0 heterocycles. The maximum absolute atomic E-state index is 11.1. The van der Waals surface area contributed by atoms with Crippen LogP contribution >= 0.6 is 0 Å². The third kappa shape index (κ3) is 5.22. The minimum absolute atomic E-state index is 0.0645. The Labute approximate surface area is 78.9 Å². The molecule has 4 heteroatoms. The van der Waals surface area contributed by atoms with Crippen LogP contribution in [-0.4, -0.2) is 11.9 Å². The summed E-state index contributed by atoms with van der Waals surface area (Å²) in [4.78, 5) is 21.4. The lowest BCUT2D eigenvalue weighted by atomic mass is 9.80. The van der Waals surface area contributed by atoms with E-state index in [2.05, 4.69) is 20.8 Å². The molecule has 1 unspecified atom stereocenters. The van der Waals surface area contributed by atoms with Crippen molar-refractivity contribution in [2.45, 2.75) is 34.1 Å². The van der Waals surface area contributed by atoms with Crippen molar-refractivity contribution in [2.75, 3.05) is 0 Å². The number of urea groups is 1. The van der Waals surface area contributed by atoms with Crippen LogP contribution in [0.5, 0.6) is 0 Å². The first-order valence-corrected chi connectivity index (χ1v) is 4.32. The van der Waals surface area contributed by atoms with Crippen molar-refractivity contribution in [3.63, 3.8) is 0 Å². The molecule has 0 saturated carbocycles. The largest absolute Gasteiger partial charge is 0.351 e. The minimum atomic E-state index is -0.786. The molecular weight excluding hydrogens is 168 g/mol. The van der Waals surface area contributed by atoms with Crippen LogP contribution in [0.15, 0.2) is 0 Å². The molecule has 0 radical (unpaired) electrons. The van der Waals surface area contributed by atoms with Crippen molar-refractivity contribution >= 4 is 11.9 Å². The summed E-state index contributed by atoms with van der Waals surface area (Å²) < 4.78 is 0. The monoisotopic (exact) mass is 186 g/mol. The van der Waals surface area contributed by atoms with Gasteiger partial charge in [-0.1, -0.05) is 27.7 Å². The molecule has 0 aromatic heterocycles. The van der Waals surface area contributed by atoms with E-state index in [1.807, 2.05) is 12.2 Å². The Morgan fingerprint density at radius 1 is 1.38 bits per heavy atom. The summed E-state index contributed by atoms with van der Waals surface area (Å²) >= 11 is 0. The molecule has 3 amide bonds. The molecule has 0 aliphatic carbocycles. The molecule has 3 N–H and O–H groups in total. The van der Waals surface area contributed by atoms with Crippen LogP contribution in [0.3, 0.4) is 0 Å². The van der Waals surface area contributed by atoms with Gasteiger partial charge in [0, 0.05) is 6.42 Å². The summed E-state index contributed by atoms with van der Waals surface area (Å²) in [7, 11) is 0. The van der Waals surface area contributed by atoms with E-state index in [9.17, 15) is 9.59 Å². The van der Waals surface area contributed by atoms with E-state index in [-0.39, 0.29) is 17.2 Å². The number of nitrogens with two attached hydrogens (primary N) is 1. The second-order valence-corrected chi connectivity index (χ2v) is 4.38. The fourth-order valence-corrected chi connectivity index (χ4v) is 0.773. The zero-order chi connectivity index (χ0) is 10.6. The molecule has 4 nitrogen and oxygen atoms in total. The number of hydrogen-bond acceptors (Lipinski definition) is 2. The van der Waals surface area contributed by atoms with E-state index in [1.54, 1.807) is 0 Å². The summed E-state index contributed by atoms with van der Waals surface area (Å²) in [5.41, 5.74) is 4.87. The summed E-state index contributed by atoms with van der Waals surface area (Å²) in [5, 5.41) is 2.05. The molecule has 0 aromatic rings. The number of carbonyl (C=O) groups excluding carboxylic acids is 2. The van der Waals surface area contributed by atoms with Crippen LogP contribution in [0.1, 0.15) is 34.1 Å². The van der Waals surface area contributed by atoms with Gasteiger partial charge in [0.2, 0.25) is 5.91 Å². The highest BCUT2D eigenvalue weighted by atomic mass is 16.2. The normalized spacial score (nSPS) is 13.5. The van der Waals surface area contributed by atoms with Gasteiger partial charge in [-0.3, -0.25) is 10.1 Å². The van der Waals surface area contributed by atoms with Crippen molar-refractivity contribution < 1.29 is 9.59 Å². The highest BCUT2D eigenvalue weighted by Gasteiger charge is 2.22. The van der Waals surface area contributed by atoms with Gasteiger partial charge >= 0.3 is 6.03 Å². The smallest absolute Gasteiger partial charge is 0.318 e. The number of imide groups is 1. The molecule has 0 aliphatic heterocycles. The molecular formula is C9H18N2O2. The maximum atomic E-state index is 11.1. The van der Waals surface area contributed by atoms with Crippen LogP contribution < -0.4 is 11.1 Å². The first-order valence-electron chi connectivity index (χ1n) is 4.32. The number of amides is 3. The highest BCUT2D eigenvalue weighted by molar-refractivity contribution is 5.93. The third-order valence-electron chi connectivity index (χ3n) is 2.23. The molecule has 0 aliphatic rings. The van der Waals surface area contributed by atoms with Crippen molar-refractivity contribution in [3.05, 3.63) is 0 Å². The lowest BCUT2D eigenvalue weighted by molar-refractivity contribution is -0.121. The Morgan fingerprint density at radius 3 is 2.15 bits per heavy atom. The average Bonchev–Trinajstić information content (AvgIpc) is 1.82. The molecule has 76 valence electrons. The standard InChI is InChI=1S/C9H18N2O2/c1-6(9(2,3)4)5-7(12)11-8(10)13/h6H,5H2,1-4H3,(H3,10,11,12,13). The fraction of sp³-hybridized carbons (Fsp3) is 0.778. The second kappa shape index (κ2) is 4.25.